The minimum Gasteiger partial charge on any atom is -0.358 e. The van der Waals surface area contributed by atoms with Gasteiger partial charge in [0, 0.05) is 17.6 Å². The molecule has 0 aliphatic rings. The Bertz CT molecular complexity index is 241. The molecule has 0 saturated heterocycles. The summed E-state index contributed by atoms with van der Waals surface area (Å²) < 4.78 is 0. The molecule has 3 heteroatoms. The molecular weight excluding hydrogens is 180 g/mol. The lowest BCUT2D eigenvalue weighted by Gasteiger charge is -2.20. The number of rotatable bonds is 5. The van der Waals surface area contributed by atoms with Crippen molar-refractivity contribution in [1.82, 2.24) is 4.98 Å². The zero-order valence-electron chi connectivity index (χ0n) is 8.16. The smallest absolute Gasteiger partial charge is 0.182 e. The van der Waals surface area contributed by atoms with E-state index in [1.165, 1.54) is 0 Å². The Morgan fingerprint density at radius 3 is 2.92 bits per heavy atom. The van der Waals surface area contributed by atoms with Gasteiger partial charge in [0.1, 0.15) is 0 Å². The Morgan fingerprint density at radius 2 is 2.46 bits per heavy atom. The summed E-state index contributed by atoms with van der Waals surface area (Å²) >= 11 is 1.64. The van der Waals surface area contributed by atoms with Gasteiger partial charge in [0.15, 0.2) is 5.13 Å². The van der Waals surface area contributed by atoms with Gasteiger partial charge in [0.2, 0.25) is 0 Å². The molecule has 1 aromatic rings. The lowest BCUT2D eigenvalue weighted by atomic mass is 10.0. The highest BCUT2D eigenvalue weighted by molar-refractivity contribution is 7.13. The molecule has 13 heavy (non-hydrogen) atoms. The summed E-state index contributed by atoms with van der Waals surface area (Å²) in [5.41, 5.74) is 0. The van der Waals surface area contributed by atoms with E-state index < -0.39 is 0 Å². The van der Waals surface area contributed by atoms with Crippen LogP contribution < -0.4 is 5.32 Å². The summed E-state index contributed by atoms with van der Waals surface area (Å²) in [6.07, 6.45) is 4.75. The average molecular weight is 196 g/mol. The molecule has 1 N–H and O–H groups in total. The maximum Gasteiger partial charge on any atom is 0.182 e. The number of nitrogens with one attached hydrogen (secondary N) is 1. The molecule has 0 spiro atoms. The third-order valence-electron chi connectivity index (χ3n) is 1.97. The second kappa shape index (κ2) is 5.02. The monoisotopic (exact) mass is 196 g/mol. The Hall–Kier alpha value is -0.830. The summed E-state index contributed by atoms with van der Waals surface area (Å²) in [4.78, 5) is 4.19. The van der Waals surface area contributed by atoms with Crippen molar-refractivity contribution >= 4 is 16.5 Å². The summed E-state index contributed by atoms with van der Waals surface area (Å²) in [7, 11) is 0. The van der Waals surface area contributed by atoms with Gasteiger partial charge in [-0.25, -0.2) is 4.98 Å². The van der Waals surface area contributed by atoms with E-state index in [4.69, 9.17) is 0 Å². The number of hydrogen-bond acceptors (Lipinski definition) is 3. The van der Waals surface area contributed by atoms with E-state index in [-0.39, 0.29) is 0 Å². The minimum absolute atomic E-state index is 0.448. The van der Waals surface area contributed by atoms with Crippen molar-refractivity contribution in [3.8, 4) is 0 Å². The third kappa shape index (κ3) is 3.19. The zero-order valence-corrected chi connectivity index (χ0v) is 8.97. The molecule has 1 unspecified atom stereocenters. The first-order valence-electron chi connectivity index (χ1n) is 4.51. The molecule has 0 bridgehead atoms. The molecular formula is C10H16N2S. The van der Waals surface area contributed by atoms with Crippen LogP contribution in [0, 0.1) is 5.92 Å². The van der Waals surface area contributed by atoms with Gasteiger partial charge in [0.05, 0.1) is 0 Å². The molecule has 0 fully saturated rings. The van der Waals surface area contributed by atoms with Gasteiger partial charge < -0.3 is 5.32 Å². The van der Waals surface area contributed by atoms with Gasteiger partial charge in [0.25, 0.3) is 0 Å². The fraction of sp³-hybridized carbons (Fsp3) is 0.500. The highest BCUT2D eigenvalue weighted by Gasteiger charge is 2.11. The van der Waals surface area contributed by atoms with Crippen LogP contribution in [0.25, 0.3) is 0 Å². The number of hydrogen-bond donors (Lipinski definition) is 1. The van der Waals surface area contributed by atoms with Crippen LogP contribution >= 0.6 is 11.3 Å². The molecule has 1 aromatic heterocycles. The fourth-order valence-corrected chi connectivity index (χ4v) is 1.72. The standard InChI is InChI=1S/C10H16N2S/c1-4-5-9(8(2)3)12-10-11-6-7-13-10/h4,6-9H,1,5H2,2-3H3,(H,11,12). The summed E-state index contributed by atoms with van der Waals surface area (Å²) in [5.74, 6) is 0.599. The predicted octanol–water partition coefficient (Wildman–Crippen LogP) is 3.16. The maximum absolute atomic E-state index is 4.19. The Morgan fingerprint density at radius 1 is 1.69 bits per heavy atom. The highest BCUT2D eigenvalue weighted by atomic mass is 32.1. The normalized spacial score (nSPS) is 12.8. The van der Waals surface area contributed by atoms with E-state index in [2.05, 4.69) is 30.7 Å². The molecule has 0 aliphatic heterocycles. The maximum atomic E-state index is 4.19. The van der Waals surface area contributed by atoms with E-state index >= 15 is 0 Å². The lowest BCUT2D eigenvalue weighted by molar-refractivity contribution is 0.528. The van der Waals surface area contributed by atoms with Gasteiger partial charge >= 0.3 is 0 Å². The molecule has 1 atom stereocenters. The van der Waals surface area contributed by atoms with E-state index in [1.807, 2.05) is 17.7 Å². The first kappa shape index (κ1) is 10.3. The van der Waals surface area contributed by atoms with Crippen molar-refractivity contribution < 1.29 is 0 Å². The number of thiazole rings is 1. The number of anilines is 1. The zero-order chi connectivity index (χ0) is 9.68. The second-order valence-electron chi connectivity index (χ2n) is 3.36. The van der Waals surface area contributed by atoms with Crippen molar-refractivity contribution in [3.63, 3.8) is 0 Å². The van der Waals surface area contributed by atoms with E-state index in [1.54, 1.807) is 11.3 Å². The van der Waals surface area contributed by atoms with Crippen molar-refractivity contribution in [2.45, 2.75) is 26.3 Å². The van der Waals surface area contributed by atoms with Gasteiger partial charge in [-0.1, -0.05) is 19.9 Å². The van der Waals surface area contributed by atoms with Crippen molar-refractivity contribution in [2.75, 3.05) is 5.32 Å². The first-order valence-corrected chi connectivity index (χ1v) is 5.39. The van der Waals surface area contributed by atoms with Gasteiger partial charge in [-0.3, -0.25) is 0 Å². The molecule has 72 valence electrons. The van der Waals surface area contributed by atoms with E-state index in [0.29, 0.717) is 12.0 Å². The van der Waals surface area contributed by atoms with Gasteiger partial charge in [-0.05, 0) is 12.3 Å². The molecule has 2 nitrogen and oxygen atoms in total. The Kier molecular flexibility index (Phi) is 3.96. The highest BCUT2D eigenvalue weighted by Crippen LogP contribution is 2.17. The topological polar surface area (TPSA) is 24.9 Å². The molecule has 1 rings (SSSR count). The van der Waals surface area contributed by atoms with Gasteiger partial charge in [-0.2, -0.15) is 0 Å². The predicted molar refractivity (Wildman–Crippen MR) is 59.2 cm³/mol. The summed E-state index contributed by atoms with van der Waals surface area (Å²) in [6.45, 7) is 8.16. The quantitative estimate of drug-likeness (QED) is 0.732. The third-order valence-corrected chi connectivity index (χ3v) is 2.67. The summed E-state index contributed by atoms with van der Waals surface area (Å²) in [6, 6.07) is 0.448. The van der Waals surface area contributed by atoms with Crippen molar-refractivity contribution in [3.05, 3.63) is 24.2 Å². The van der Waals surface area contributed by atoms with Crippen LogP contribution in [0.5, 0.6) is 0 Å². The molecule has 0 aromatic carbocycles. The SMILES string of the molecule is C=CCC(Nc1nccs1)C(C)C. The van der Waals surface area contributed by atoms with E-state index in [0.717, 1.165) is 11.6 Å². The van der Waals surface area contributed by atoms with E-state index in [9.17, 15) is 0 Å². The molecule has 1 heterocycles. The first-order chi connectivity index (χ1) is 6.24. The summed E-state index contributed by atoms with van der Waals surface area (Å²) in [5, 5.41) is 6.38. The van der Waals surface area contributed by atoms with Crippen molar-refractivity contribution in [2.24, 2.45) is 5.92 Å². The van der Waals surface area contributed by atoms with Crippen LogP contribution in [0.3, 0.4) is 0 Å². The molecule has 0 aliphatic carbocycles. The second-order valence-corrected chi connectivity index (χ2v) is 4.25. The largest absolute Gasteiger partial charge is 0.358 e. The van der Waals surface area contributed by atoms with Crippen LogP contribution in [0.4, 0.5) is 5.13 Å². The number of aromatic nitrogens is 1. The van der Waals surface area contributed by atoms with Crippen LogP contribution in [0.2, 0.25) is 0 Å². The molecule has 0 radical (unpaired) electrons. The van der Waals surface area contributed by atoms with Gasteiger partial charge in [-0.15, -0.1) is 17.9 Å². The Balaban J connectivity index is 2.52. The fourth-order valence-electron chi connectivity index (χ4n) is 1.13. The number of nitrogens with zero attached hydrogens (tertiary/aromatic N) is 1. The van der Waals surface area contributed by atoms with Crippen LogP contribution in [0.1, 0.15) is 20.3 Å². The van der Waals surface area contributed by atoms with Crippen LogP contribution in [-0.4, -0.2) is 11.0 Å². The molecule has 0 amide bonds. The Labute approximate surface area is 83.7 Å². The minimum atomic E-state index is 0.448. The average Bonchev–Trinajstić information content (AvgIpc) is 2.56. The van der Waals surface area contributed by atoms with Crippen LogP contribution in [-0.2, 0) is 0 Å². The molecule has 0 saturated carbocycles. The lowest BCUT2D eigenvalue weighted by Crippen LogP contribution is -2.24. The van der Waals surface area contributed by atoms with Crippen LogP contribution in [0.15, 0.2) is 24.2 Å². The van der Waals surface area contributed by atoms with Crippen molar-refractivity contribution in [1.29, 1.82) is 0 Å².